The predicted octanol–water partition coefficient (Wildman–Crippen LogP) is 2.29. The van der Waals surface area contributed by atoms with Crippen molar-refractivity contribution in [2.75, 3.05) is 13.2 Å². The zero-order valence-electron chi connectivity index (χ0n) is 7.57. The van der Waals surface area contributed by atoms with Crippen molar-refractivity contribution < 1.29 is 9.84 Å². The van der Waals surface area contributed by atoms with Gasteiger partial charge in [-0.3, -0.25) is 0 Å². The average molecular weight is 178 g/mol. The van der Waals surface area contributed by atoms with Crippen LogP contribution >= 0.6 is 0 Å². The lowest BCUT2D eigenvalue weighted by Gasteiger charge is -2.22. The molecule has 0 radical (unpaired) electrons. The van der Waals surface area contributed by atoms with Crippen molar-refractivity contribution in [2.45, 2.75) is 18.8 Å². The standard InChI is InChI=1S/C11H14O2/c12-11-6-2-1-5-10(11)9-4-3-7-13-8-9/h1-2,5-6,9,12H,3-4,7-8H2. The highest BCUT2D eigenvalue weighted by molar-refractivity contribution is 5.35. The molecule has 1 aliphatic heterocycles. The molecule has 0 amide bonds. The molecule has 1 atom stereocenters. The van der Waals surface area contributed by atoms with Gasteiger partial charge in [0.05, 0.1) is 6.61 Å². The van der Waals surface area contributed by atoms with Crippen molar-refractivity contribution in [3.05, 3.63) is 29.8 Å². The van der Waals surface area contributed by atoms with E-state index in [0.717, 1.165) is 31.6 Å². The van der Waals surface area contributed by atoms with Crippen LogP contribution in [0, 0.1) is 0 Å². The van der Waals surface area contributed by atoms with Crippen LogP contribution in [0.2, 0.25) is 0 Å². The van der Waals surface area contributed by atoms with E-state index in [2.05, 4.69) is 0 Å². The Morgan fingerprint density at radius 2 is 2.15 bits per heavy atom. The molecule has 2 heteroatoms. The van der Waals surface area contributed by atoms with Gasteiger partial charge in [-0.05, 0) is 24.5 Å². The summed E-state index contributed by atoms with van der Waals surface area (Å²) in [5, 5.41) is 9.61. The van der Waals surface area contributed by atoms with Crippen LogP contribution in [-0.2, 0) is 4.74 Å². The Morgan fingerprint density at radius 1 is 1.31 bits per heavy atom. The van der Waals surface area contributed by atoms with Crippen LogP contribution in [0.5, 0.6) is 5.75 Å². The minimum atomic E-state index is 0.384. The molecule has 70 valence electrons. The first-order valence-electron chi connectivity index (χ1n) is 4.73. The first-order chi connectivity index (χ1) is 6.38. The van der Waals surface area contributed by atoms with Crippen LogP contribution in [0.15, 0.2) is 24.3 Å². The van der Waals surface area contributed by atoms with E-state index in [0.29, 0.717) is 11.7 Å². The molecule has 2 nitrogen and oxygen atoms in total. The lowest BCUT2D eigenvalue weighted by atomic mass is 9.93. The molecule has 0 spiro atoms. The Hall–Kier alpha value is -1.02. The number of rotatable bonds is 1. The van der Waals surface area contributed by atoms with Gasteiger partial charge < -0.3 is 9.84 Å². The monoisotopic (exact) mass is 178 g/mol. The van der Waals surface area contributed by atoms with Crippen LogP contribution in [0.25, 0.3) is 0 Å². The molecule has 1 aromatic carbocycles. The van der Waals surface area contributed by atoms with Gasteiger partial charge in [0.15, 0.2) is 0 Å². The van der Waals surface area contributed by atoms with Gasteiger partial charge in [0.25, 0.3) is 0 Å². The first kappa shape index (κ1) is 8.57. The third-order valence-corrected chi connectivity index (χ3v) is 2.54. The number of hydrogen-bond acceptors (Lipinski definition) is 2. The second-order valence-electron chi connectivity index (χ2n) is 3.47. The van der Waals surface area contributed by atoms with E-state index >= 15 is 0 Å². The molecule has 13 heavy (non-hydrogen) atoms. The fourth-order valence-electron chi connectivity index (χ4n) is 1.82. The van der Waals surface area contributed by atoms with Gasteiger partial charge in [0.2, 0.25) is 0 Å². The fraction of sp³-hybridized carbons (Fsp3) is 0.455. The number of ether oxygens (including phenoxy) is 1. The van der Waals surface area contributed by atoms with Crippen molar-refractivity contribution in [2.24, 2.45) is 0 Å². The molecule has 1 aliphatic rings. The second-order valence-corrected chi connectivity index (χ2v) is 3.47. The van der Waals surface area contributed by atoms with Gasteiger partial charge in [-0.15, -0.1) is 0 Å². The van der Waals surface area contributed by atoms with E-state index in [1.165, 1.54) is 0 Å². The summed E-state index contributed by atoms with van der Waals surface area (Å²) in [5.74, 6) is 0.785. The summed E-state index contributed by atoms with van der Waals surface area (Å²) >= 11 is 0. The van der Waals surface area contributed by atoms with Crippen LogP contribution in [0.4, 0.5) is 0 Å². The summed E-state index contributed by atoms with van der Waals surface area (Å²) < 4.78 is 5.38. The maximum absolute atomic E-state index is 9.61. The maximum Gasteiger partial charge on any atom is 0.119 e. The SMILES string of the molecule is Oc1ccccc1C1CCCOC1. The number of aromatic hydroxyl groups is 1. The Labute approximate surface area is 78.2 Å². The maximum atomic E-state index is 9.61. The van der Waals surface area contributed by atoms with E-state index in [1.54, 1.807) is 6.07 Å². The predicted molar refractivity (Wildman–Crippen MR) is 50.9 cm³/mol. The van der Waals surface area contributed by atoms with Gasteiger partial charge in [0, 0.05) is 12.5 Å². The quantitative estimate of drug-likeness (QED) is 0.715. The molecule has 0 aromatic heterocycles. The normalized spacial score (nSPS) is 22.9. The molecule has 0 saturated carbocycles. The largest absolute Gasteiger partial charge is 0.508 e. The van der Waals surface area contributed by atoms with Crippen molar-refractivity contribution in [1.29, 1.82) is 0 Å². The minimum absolute atomic E-state index is 0.384. The third-order valence-electron chi connectivity index (χ3n) is 2.54. The van der Waals surface area contributed by atoms with E-state index < -0.39 is 0 Å². The van der Waals surface area contributed by atoms with Crippen LogP contribution < -0.4 is 0 Å². The molecule has 1 heterocycles. The number of para-hydroxylation sites is 1. The summed E-state index contributed by atoms with van der Waals surface area (Å²) in [4.78, 5) is 0. The average Bonchev–Trinajstić information content (AvgIpc) is 2.20. The molecular weight excluding hydrogens is 164 g/mol. The summed E-state index contributed by atoms with van der Waals surface area (Å²) in [5.41, 5.74) is 1.03. The van der Waals surface area contributed by atoms with Gasteiger partial charge >= 0.3 is 0 Å². The second kappa shape index (κ2) is 3.79. The summed E-state index contributed by atoms with van der Waals surface area (Å²) in [6.07, 6.45) is 2.22. The highest BCUT2D eigenvalue weighted by atomic mass is 16.5. The number of hydrogen-bond donors (Lipinski definition) is 1. The summed E-state index contributed by atoms with van der Waals surface area (Å²) in [6, 6.07) is 7.53. The molecule has 0 bridgehead atoms. The van der Waals surface area contributed by atoms with Crippen molar-refractivity contribution in [3.8, 4) is 5.75 Å². The molecule has 1 N–H and O–H groups in total. The Kier molecular flexibility index (Phi) is 2.50. The zero-order chi connectivity index (χ0) is 9.10. The number of phenolic OH excluding ortho intramolecular Hbond substituents is 1. The molecular formula is C11H14O2. The van der Waals surface area contributed by atoms with Crippen LogP contribution in [-0.4, -0.2) is 18.3 Å². The lowest BCUT2D eigenvalue weighted by molar-refractivity contribution is 0.0797. The zero-order valence-corrected chi connectivity index (χ0v) is 7.57. The minimum Gasteiger partial charge on any atom is -0.508 e. The van der Waals surface area contributed by atoms with E-state index in [4.69, 9.17) is 4.74 Å². The molecule has 1 aromatic rings. The summed E-state index contributed by atoms with van der Waals surface area (Å²) in [7, 11) is 0. The van der Waals surface area contributed by atoms with Gasteiger partial charge in [-0.25, -0.2) is 0 Å². The Bertz CT molecular complexity index is 277. The number of benzene rings is 1. The third kappa shape index (κ3) is 1.83. The molecule has 0 aliphatic carbocycles. The topological polar surface area (TPSA) is 29.5 Å². The van der Waals surface area contributed by atoms with Crippen molar-refractivity contribution in [1.82, 2.24) is 0 Å². The smallest absolute Gasteiger partial charge is 0.119 e. The Balaban J connectivity index is 2.18. The Morgan fingerprint density at radius 3 is 2.85 bits per heavy atom. The molecule has 2 rings (SSSR count). The van der Waals surface area contributed by atoms with Crippen LogP contribution in [0.1, 0.15) is 24.3 Å². The highest BCUT2D eigenvalue weighted by Crippen LogP contribution is 2.31. The highest BCUT2D eigenvalue weighted by Gasteiger charge is 2.18. The van der Waals surface area contributed by atoms with E-state index in [1.807, 2.05) is 18.2 Å². The van der Waals surface area contributed by atoms with Crippen molar-refractivity contribution in [3.63, 3.8) is 0 Å². The number of phenols is 1. The van der Waals surface area contributed by atoms with Crippen molar-refractivity contribution >= 4 is 0 Å². The lowest BCUT2D eigenvalue weighted by Crippen LogP contribution is -2.15. The van der Waals surface area contributed by atoms with E-state index in [9.17, 15) is 5.11 Å². The van der Waals surface area contributed by atoms with Gasteiger partial charge in [0.1, 0.15) is 5.75 Å². The van der Waals surface area contributed by atoms with Gasteiger partial charge in [-0.1, -0.05) is 18.2 Å². The fourth-order valence-corrected chi connectivity index (χ4v) is 1.82. The molecule has 1 saturated heterocycles. The first-order valence-corrected chi connectivity index (χ1v) is 4.73. The molecule has 1 fully saturated rings. The molecule has 1 unspecified atom stereocenters. The van der Waals surface area contributed by atoms with E-state index in [-0.39, 0.29) is 0 Å². The van der Waals surface area contributed by atoms with Gasteiger partial charge in [-0.2, -0.15) is 0 Å². The summed E-state index contributed by atoms with van der Waals surface area (Å²) in [6.45, 7) is 1.61. The van der Waals surface area contributed by atoms with Crippen LogP contribution in [0.3, 0.4) is 0 Å².